The molecule has 9 N–H and O–H groups in total. The second-order valence-electron chi connectivity index (χ2n) is 8.34. The standard InChI is InChI=1S/C19H31N9O/c20-12-4-11(5-13(21)6-12)17-25-18(24-8-16-2-1-3-29-16)27-19(26-17)28-9-14(22)7-15(23)10-28/h1-3,11-15H,4-10,20-23H2,(H,24,25,26,27)/t11?,12-,13+,14-,15+. The van der Waals surface area contributed by atoms with Gasteiger partial charge in [-0.3, -0.25) is 0 Å². The van der Waals surface area contributed by atoms with E-state index in [4.69, 9.17) is 32.3 Å². The molecule has 1 aliphatic heterocycles. The third-order valence-corrected chi connectivity index (χ3v) is 5.59. The van der Waals surface area contributed by atoms with E-state index in [0.717, 1.165) is 37.3 Å². The second-order valence-corrected chi connectivity index (χ2v) is 8.34. The lowest BCUT2D eigenvalue weighted by atomic mass is 9.83. The van der Waals surface area contributed by atoms with Crippen LogP contribution < -0.4 is 33.2 Å². The van der Waals surface area contributed by atoms with Crippen LogP contribution in [-0.4, -0.2) is 52.2 Å². The summed E-state index contributed by atoms with van der Waals surface area (Å²) in [7, 11) is 0. The Hall–Kier alpha value is -2.27. The third kappa shape index (κ3) is 5.02. The molecule has 2 aromatic heterocycles. The summed E-state index contributed by atoms with van der Waals surface area (Å²) in [5, 5.41) is 3.24. The quantitative estimate of drug-likeness (QED) is 0.454. The number of anilines is 2. The molecule has 29 heavy (non-hydrogen) atoms. The van der Waals surface area contributed by atoms with Gasteiger partial charge in [0, 0.05) is 43.2 Å². The smallest absolute Gasteiger partial charge is 0.230 e. The molecule has 1 aliphatic carbocycles. The molecule has 0 bridgehead atoms. The van der Waals surface area contributed by atoms with Crippen molar-refractivity contribution in [2.75, 3.05) is 23.3 Å². The van der Waals surface area contributed by atoms with Gasteiger partial charge < -0.3 is 37.6 Å². The first-order valence-electron chi connectivity index (χ1n) is 10.3. The zero-order chi connectivity index (χ0) is 20.4. The van der Waals surface area contributed by atoms with Crippen molar-refractivity contribution in [2.45, 2.75) is 62.3 Å². The maximum absolute atomic E-state index is 6.21. The molecule has 0 aromatic carbocycles. The molecule has 1 saturated carbocycles. The van der Waals surface area contributed by atoms with Crippen LogP contribution in [0.3, 0.4) is 0 Å². The lowest BCUT2D eigenvalue weighted by molar-refractivity contribution is 0.342. The number of aromatic nitrogens is 3. The minimum absolute atomic E-state index is 0.00461. The van der Waals surface area contributed by atoms with Crippen LogP contribution in [-0.2, 0) is 6.54 Å². The summed E-state index contributed by atoms with van der Waals surface area (Å²) in [6, 6.07) is 3.85. The Morgan fingerprint density at radius 1 is 0.931 bits per heavy atom. The van der Waals surface area contributed by atoms with Crippen molar-refractivity contribution >= 4 is 11.9 Å². The molecule has 2 aliphatic rings. The molecule has 0 spiro atoms. The molecule has 1 unspecified atom stereocenters. The lowest BCUT2D eigenvalue weighted by Crippen LogP contribution is -2.53. The van der Waals surface area contributed by atoms with Crippen molar-refractivity contribution < 1.29 is 4.42 Å². The third-order valence-electron chi connectivity index (χ3n) is 5.59. The van der Waals surface area contributed by atoms with Crippen molar-refractivity contribution in [2.24, 2.45) is 22.9 Å². The summed E-state index contributed by atoms with van der Waals surface area (Å²) in [6.07, 6.45) is 4.89. The van der Waals surface area contributed by atoms with Crippen LogP contribution in [0.2, 0.25) is 0 Å². The van der Waals surface area contributed by atoms with E-state index < -0.39 is 0 Å². The number of nitrogens with one attached hydrogen (secondary N) is 1. The number of nitrogens with zero attached hydrogens (tertiary/aromatic N) is 4. The predicted octanol–water partition coefficient (Wildman–Crippen LogP) is -0.136. The average molecular weight is 402 g/mol. The van der Waals surface area contributed by atoms with E-state index >= 15 is 0 Å². The molecule has 158 valence electrons. The summed E-state index contributed by atoms with van der Waals surface area (Å²) in [4.78, 5) is 16.1. The fourth-order valence-electron chi connectivity index (χ4n) is 4.32. The number of rotatable bonds is 5. The van der Waals surface area contributed by atoms with Gasteiger partial charge in [0.05, 0.1) is 12.8 Å². The average Bonchev–Trinajstić information content (AvgIpc) is 3.18. The minimum Gasteiger partial charge on any atom is -0.467 e. The first kappa shape index (κ1) is 20.0. The summed E-state index contributed by atoms with van der Waals surface area (Å²) >= 11 is 0. The van der Waals surface area contributed by atoms with Gasteiger partial charge in [0.15, 0.2) is 0 Å². The Kier molecular flexibility index (Phi) is 5.95. The summed E-state index contributed by atoms with van der Waals surface area (Å²) in [5.41, 5.74) is 24.8. The van der Waals surface area contributed by atoms with E-state index in [-0.39, 0.29) is 30.1 Å². The van der Waals surface area contributed by atoms with Crippen molar-refractivity contribution in [3.8, 4) is 0 Å². The van der Waals surface area contributed by atoms with Gasteiger partial charge >= 0.3 is 0 Å². The van der Waals surface area contributed by atoms with Crippen LogP contribution in [0.25, 0.3) is 0 Å². The Balaban J connectivity index is 1.61. The minimum atomic E-state index is -0.00461. The highest BCUT2D eigenvalue weighted by Gasteiger charge is 2.30. The topological polar surface area (TPSA) is 171 Å². The molecule has 10 nitrogen and oxygen atoms in total. The zero-order valence-electron chi connectivity index (χ0n) is 16.6. The maximum Gasteiger partial charge on any atom is 0.230 e. The Labute approximate surface area is 170 Å². The van der Waals surface area contributed by atoms with Crippen LogP contribution in [0.15, 0.2) is 22.8 Å². The molecule has 3 heterocycles. The Bertz CT molecular complexity index is 735. The number of hydrogen-bond donors (Lipinski definition) is 5. The Morgan fingerprint density at radius 2 is 1.62 bits per heavy atom. The molecule has 0 amide bonds. The molecule has 2 aromatic rings. The summed E-state index contributed by atoms with van der Waals surface area (Å²) in [5.74, 6) is 2.72. The van der Waals surface area contributed by atoms with Gasteiger partial charge in [-0.05, 0) is 37.8 Å². The van der Waals surface area contributed by atoms with E-state index in [1.165, 1.54) is 0 Å². The molecule has 10 heteroatoms. The van der Waals surface area contributed by atoms with E-state index in [1.54, 1.807) is 6.26 Å². The zero-order valence-corrected chi connectivity index (χ0v) is 16.6. The maximum atomic E-state index is 6.21. The van der Waals surface area contributed by atoms with Crippen molar-refractivity contribution in [3.05, 3.63) is 30.0 Å². The SMILES string of the molecule is N[C@@H]1CC(c2nc(NCc3ccco3)nc(N3C[C@H](N)C[C@H](N)C3)n2)C[C@H](N)C1. The second kappa shape index (κ2) is 8.62. The number of furan rings is 1. The van der Waals surface area contributed by atoms with E-state index in [1.807, 2.05) is 17.0 Å². The number of piperidine rings is 1. The van der Waals surface area contributed by atoms with Gasteiger partial charge in [0.2, 0.25) is 11.9 Å². The molecule has 2 fully saturated rings. The number of nitrogens with two attached hydrogens (primary N) is 4. The summed E-state index contributed by atoms with van der Waals surface area (Å²) < 4.78 is 5.39. The largest absolute Gasteiger partial charge is 0.467 e. The van der Waals surface area contributed by atoms with Crippen molar-refractivity contribution in [1.82, 2.24) is 15.0 Å². The first-order valence-corrected chi connectivity index (χ1v) is 10.3. The van der Waals surface area contributed by atoms with Gasteiger partial charge in [-0.25, -0.2) is 0 Å². The van der Waals surface area contributed by atoms with Gasteiger partial charge in [0.1, 0.15) is 11.6 Å². The van der Waals surface area contributed by atoms with Crippen molar-refractivity contribution in [3.63, 3.8) is 0 Å². The van der Waals surface area contributed by atoms with Crippen LogP contribution in [0.4, 0.5) is 11.9 Å². The van der Waals surface area contributed by atoms with E-state index in [0.29, 0.717) is 31.5 Å². The molecule has 0 radical (unpaired) electrons. The highest BCUT2D eigenvalue weighted by atomic mass is 16.3. The van der Waals surface area contributed by atoms with Crippen LogP contribution in [0.5, 0.6) is 0 Å². The molecular formula is C19H31N9O. The van der Waals surface area contributed by atoms with Crippen molar-refractivity contribution in [1.29, 1.82) is 0 Å². The predicted molar refractivity (Wildman–Crippen MR) is 111 cm³/mol. The first-order chi connectivity index (χ1) is 14.0. The van der Waals surface area contributed by atoms with Gasteiger partial charge in [-0.2, -0.15) is 15.0 Å². The normalized spacial score (nSPS) is 30.3. The van der Waals surface area contributed by atoms with Crippen LogP contribution in [0, 0.1) is 0 Å². The fourth-order valence-corrected chi connectivity index (χ4v) is 4.32. The highest BCUT2D eigenvalue weighted by molar-refractivity contribution is 5.39. The summed E-state index contributed by atoms with van der Waals surface area (Å²) in [6.45, 7) is 1.82. The van der Waals surface area contributed by atoms with Gasteiger partial charge in [-0.1, -0.05) is 0 Å². The molecule has 5 atom stereocenters. The fraction of sp³-hybridized carbons (Fsp3) is 0.632. The molecule has 4 rings (SSSR count). The monoisotopic (exact) mass is 401 g/mol. The van der Waals surface area contributed by atoms with E-state index in [2.05, 4.69) is 15.3 Å². The molecular weight excluding hydrogens is 370 g/mol. The van der Waals surface area contributed by atoms with Crippen LogP contribution >= 0.6 is 0 Å². The van der Waals surface area contributed by atoms with E-state index in [9.17, 15) is 0 Å². The Morgan fingerprint density at radius 3 is 2.28 bits per heavy atom. The van der Waals surface area contributed by atoms with Gasteiger partial charge in [0.25, 0.3) is 0 Å². The van der Waals surface area contributed by atoms with Gasteiger partial charge in [-0.15, -0.1) is 0 Å². The molecule has 1 saturated heterocycles. The number of hydrogen-bond acceptors (Lipinski definition) is 10. The highest BCUT2D eigenvalue weighted by Crippen LogP contribution is 2.31. The van der Waals surface area contributed by atoms with Crippen LogP contribution in [0.1, 0.15) is 43.2 Å². The lowest BCUT2D eigenvalue weighted by Gasteiger charge is -2.35.